The van der Waals surface area contributed by atoms with Gasteiger partial charge in [0.15, 0.2) is 0 Å². The van der Waals surface area contributed by atoms with E-state index in [2.05, 4.69) is 31.1 Å². The van der Waals surface area contributed by atoms with Crippen molar-refractivity contribution in [1.29, 1.82) is 0 Å². The zero-order chi connectivity index (χ0) is 12.3. The van der Waals surface area contributed by atoms with Gasteiger partial charge in [-0.1, -0.05) is 0 Å². The Morgan fingerprint density at radius 2 is 1.94 bits per heavy atom. The third-order valence-corrected chi connectivity index (χ3v) is 3.79. The maximum absolute atomic E-state index is 5.79. The SMILES string of the molecule is CC1CC(N(C)CC2CNCCO2)CC(C)O1. The first kappa shape index (κ1) is 13.3. The smallest absolute Gasteiger partial charge is 0.0826 e. The summed E-state index contributed by atoms with van der Waals surface area (Å²) in [6, 6.07) is 0.638. The summed E-state index contributed by atoms with van der Waals surface area (Å²) in [7, 11) is 2.22. The van der Waals surface area contributed by atoms with Gasteiger partial charge in [-0.3, -0.25) is 0 Å². The molecular formula is C13H26N2O2. The fraction of sp³-hybridized carbons (Fsp3) is 1.00. The van der Waals surface area contributed by atoms with Gasteiger partial charge >= 0.3 is 0 Å². The molecule has 2 rings (SSSR count). The Morgan fingerprint density at radius 1 is 1.24 bits per heavy atom. The lowest BCUT2D eigenvalue weighted by atomic mass is 9.98. The van der Waals surface area contributed by atoms with Crippen molar-refractivity contribution in [2.45, 2.75) is 51.0 Å². The topological polar surface area (TPSA) is 33.7 Å². The normalized spacial score (nSPS) is 39.5. The van der Waals surface area contributed by atoms with E-state index in [-0.39, 0.29) is 0 Å². The summed E-state index contributed by atoms with van der Waals surface area (Å²) in [4.78, 5) is 2.45. The van der Waals surface area contributed by atoms with Crippen molar-refractivity contribution in [3.8, 4) is 0 Å². The second-order valence-corrected chi connectivity index (χ2v) is 5.52. The molecule has 0 aromatic heterocycles. The van der Waals surface area contributed by atoms with E-state index in [9.17, 15) is 0 Å². The molecule has 2 saturated heterocycles. The lowest BCUT2D eigenvalue weighted by molar-refractivity contribution is -0.0713. The molecule has 0 aromatic carbocycles. The number of hydrogen-bond acceptors (Lipinski definition) is 4. The highest BCUT2D eigenvalue weighted by atomic mass is 16.5. The summed E-state index contributed by atoms with van der Waals surface area (Å²) < 4.78 is 11.5. The van der Waals surface area contributed by atoms with Gasteiger partial charge in [-0.05, 0) is 33.7 Å². The van der Waals surface area contributed by atoms with E-state index < -0.39 is 0 Å². The lowest BCUT2D eigenvalue weighted by Gasteiger charge is -2.39. The van der Waals surface area contributed by atoms with Crippen LogP contribution in [0.2, 0.25) is 0 Å². The van der Waals surface area contributed by atoms with Crippen LogP contribution >= 0.6 is 0 Å². The molecule has 0 aliphatic carbocycles. The first-order valence-corrected chi connectivity index (χ1v) is 6.83. The number of nitrogens with zero attached hydrogens (tertiary/aromatic N) is 1. The largest absolute Gasteiger partial charge is 0.375 e. The molecule has 2 aliphatic rings. The maximum Gasteiger partial charge on any atom is 0.0826 e. The Balaban J connectivity index is 1.79. The number of likely N-dealkylation sites (N-methyl/N-ethyl adjacent to an activating group) is 1. The monoisotopic (exact) mass is 242 g/mol. The highest BCUT2D eigenvalue weighted by Crippen LogP contribution is 2.23. The van der Waals surface area contributed by atoms with Gasteiger partial charge in [0.1, 0.15) is 0 Å². The molecule has 0 bridgehead atoms. The lowest BCUT2D eigenvalue weighted by Crippen LogP contribution is -2.49. The molecule has 2 fully saturated rings. The molecule has 0 amide bonds. The van der Waals surface area contributed by atoms with E-state index in [1.54, 1.807) is 0 Å². The molecule has 100 valence electrons. The molecule has 0 aromatic rings. The van der Waals surface area contributed by atoms with Gasteiger partial charge in [-0.25, -0.2) is 0 Å². The number of morpholine rings is 1. The quantitative estimate of drug-likeness (QED) is 0.796. The van der Waals surface area contributed by atoms with Gasteiger partial charge in [0.25, 0.3) is 0 Å². The molecule has 3 atom stereocenters. The Bertz CT molecular complexity index is 221. The third-order valence-electron chi connectivity index (χ3n) is 3.79. The van der Waals surface area contributed by atoms with Crippen molar-refractivity contribution < 1.29 is 9.47 Å². The van der Waals surface area contributed by atoms with Crippen molar-refractivity contribution in [1.82, 2.24) is 10.2 Å². The Hall–Kier alpha value is -0.160. The first-order chi connectivity index (χ1) is 8.15. The minimum Gasteiger partial charge on any atom is -0.375 e. The van der Waals surface area contributed by atoms with E-state index >= 15 is 0 Å². The van der Waals surface area contributed by atoms with Gasteiger partial charge in [0.2, 0.25) is 0 Å². The number of hydrogen-bond donors (Lipinski definition) is 1. The Kier molecular flexibility index (Phi) is 4.79. The van der Waals surface area contributed by atoms with E-state index in [0.717, 1.165) is 39.1 Å². The summed E-state index contributed by atoms with van der Waals surface area (Å²) in [6.45, 7) is 8.20. The van der Waals surface area contributed by atoms with Crippen molar-refractivity contribution in [2.75, 3.05) is 33.3 Å². The van der Waals surface area contributed by atoms with Crippen LogP contribution < -0.4 is 5.32 Å². The summed E-state index contributed by atoms with van der Waals surface area (Å²) in [5.41, 5.74) is 0. The second-order valence-electron chi connectivity index (χ2n) is 5.52. The van der Waals surface area contributed by atoms with Crippen LogP contribution in [0.4, 0.5) is 0 Å². The second kappa shape index (κ2) is 6.14. The average Bonchev–Trinajstić information content (AvgIpc) is 2.29. The molecule has 1 N–H and O–H groups in total. The molecule has 4 nitrogen and oxygen atoms in total. The van der Waals surface area contributed by atoms with Crippen molar-refractivity contribution >= 4 is 0 Å². The summed E-state index contributed by atoms with van der Waals surface area (Å²) in [5.74, 6) is 0. The maximum atomic E-state index is 5.79. The van der Waals surface area contributed by atoms with Crippen molar-refractivity contribution in [3.05, 3.63) is 0 Å². The van der Waals surface area contributed by atoms with Crippen molar-refractivity contribution in [2.24, 2.45) is 0 Å². The predicted octanol–water partition coefficient (Wildman–Crippen LogP) is 0.863. The highest BCUT2D eigenvalue weighted by Gasteiger charge is 2.28. The van der Waals surface area contributed by atoms with Crippen LogP contribution in [0.15, 0.2) is 0 Å². The van der Waals surface area contributed by atoms with Crippen LogP contribution in [-0.2, 0) is 9.47 Å². The van der Waals surface area contributed by atoms with Crippen LogP contribution in [0.5, 0.6) is 0 Å². The molecular weight excluding hydrogens is 216 g/mol. The van der Waals surface area contributed by atoms with Gasteiger partial charge < -0.3 is 19.7 Å². The molecule has 0 saturated carbocycles. The highest BCUT2D eigenvalue weighted by molar-refractivity contribution is 4.82. The third kappa shape index (κ3) is 3.91. The summed E-state index contributed by atoms with van der Waals surface area (Å²) >= 11 is 0. The molecule has 0 radical (unpaired) electrons. The minimum absolute atomic E-state index is 0.349. The van der Waals surface area contributed by atoms with Gasteiger partial charge in [0, 0.05) is 25.7 Å². The number of ether oxygens (including phenoxy) is 2. The Labute approximate surface area is 105 Å². The van der Waals surface area contributed by atoms with Gasteiger partial charge in [0.05, 0.1) is 24.9 Å². The number of rotatable bonds is 3. The van der Waals surface area contributed by atoms with Crippen LogP contribution in [-0.4, -0.2) is 62.5 Å². The molecule has 2 aliphatic heterocycles. The van der Waals surface area contributed by atoms with Crippen LogP contribution in [0.25, 0.3) is 0 Å². The molecule has 4 heteroatoms. The van der Waals surface area contributed by atoms with Crippen molar-refractivity contribution in [3.63, 3.8) is 0 Å². The van der Waals surface area contributed by atoms with E-state index in [1.807, 2.05) is 0 Å². The van der Waals surface area contributed by atoms with E-state index in [0.29, 0.717) is 24.4 Å². The van der Waals surface area contributed by atoms with Crippen LogP contribution in [0.3, 0.4) is 0 Å². The predicted molar refractivity (Wildman–Crippen MR) is 68.3 cm³/mol. The van der Waals surface area contributed by atoms with E-state index in [1.165, 1.54) is 0 Å². The fourth-order valence-electron chi connectivity index (χ4n) is 2.94. The van der Waals surface area contributed by atoms with Crippen LogP contribution in [0.1, 0.15) is 26.7 Å². The molecule has 2 heterocycles. The molecule has 3 unspecified atom stereocenters. The zero-order valence-electron chi connectivity index (χ0n) is 11.3. The van der Waals surface area contributed by atoms with Crippen LogP contribution in [0, 0.1) is 0 Å². The fourth-order valence-corrected chi connectivity index (χ4v) is 2.94. The summed E-state index contributed by atoms with van der Waals surface area (Å²) in [6.07, 6.45) is 3.40. The average molecular weight is 242 g/mol. The Morgan fingerprint density at radius 3 is 2.53 bits per heavy atom. The first-order valence-electron chi connectivity index (χ1n) is 6.83. The minimum atomic E-state index is 0.349. The summed E-state index contributed by atoms with van der Waals surface area (Å²) in [5, 5.41) is 3.38. The zero-order valence-corrected chi connectivity index (χ0v) is 11.3. The van der Waals surface area contributed by atoms with Gasteiger partial charge in [-0.2, -0.15) is 0 Å². The van der Waals surface area contributed by atoms with E-state index in [4.69, 9.17) is 9.47 Å². The number of nitrogens with one attached hydrogen (secondary N) is 1. The molecule has 17 heavy (non-hydrogen) atoms. The standard InChI is InChI=1S/C13H26N2O2/c1-10-6-12(7-11(2)17-10)15(3)9-13-8-14-4-5-16-13/h10-14H,4-9H2,1-3H3. The van der Waals surface area contributed by atoms with Gasteiger partial charge in [-0.15, -0.1) is 0 Å². The molecule has 0 spiro atoms.